The van der Waals surface area contributed by atoms with Crippen LogP contribution in [-0.4, -0.2) is 75.2 Å². The molecule has 0 radical (unpaired) electrons. The number of anilines is 1. The molecule has 11 nitrogen and oxygen atoms in total. The van der Waals surface area contributed by atoms with Crippen molar-refractivity contribution in [3.8, 4) is 17.2 Å². The zero-order chi connectivity index (χ0) is 39.6. The summed E-state index contributed by atoms with van der Waals surface area (Å²) in [4.78, 5) is 62.5. The molecule has 0 spiro atoms. The fourth-order valence-corrected chi connectivity index (χ4v) is 8.93. The predicted octanol–water partition coefficient (Wildman–Crippen LogP) is 5.86. The lowest BCUT2D eigenvalue weighted by molar-refractivity contribution is -0.141. The third kappa shape index (κ3) is 5.71. The summed E-state index contributed by atoms with van der Waals surface area (Å²) < 4.78 is 83.8. The van der Waals surface area contributed by atoms with Crippen molar-refractivity contribution in [2.75, 3.05) is 25.7 Å². The summed E-state index contributed by atoms with van der Waals surface area (Å²) in [6, 6.07) is 2.73. The number of likely N-dealkylation sites (tertiary alicyclic amines) is 1. The summed E-state index contributed by atoms with van der Waals surface area (Å²) >= 11 is 14.2. The van der Waals surface area contributed by atoms with E-state index >= 15 is 8.78 Å². The molecule has 0 aromatic heterocycles. The van der Waals surface area contributed by atoms with E-state index in [2.05, 4.69) is 0 Å². The molecule has 54 heavy (non-hydrogen) atoms. The first-order valence-electron chi connectivity index (χ1n) is 16.6. The van der Waals surface area contributed by atoms with Crippen molar-refractivity contribution in [2.24, 2.45) is 23.7 Å². The molecule has 6 rings (SSSR count). The van der Waals surface area contributed by atoms with Gasteiger partial charge in [0.15, 0.2) is 44.5 Å². The second-order valence-corrected chi connectivity index (χ2v) is 14.6. The summed E-state index contributed by atoms with van der Waals surface area (Å²) in [5.41, 5.74) is -1.36. The maximum Gasteiger partial charge on any atom is 0.303 e. The number of carboxylic acid groups (broad SMARTS) is 1. The SMILES string of the molecule is COc1cc(C=CC2C3=CCC4C(=O)N(CCCCCC(=O)O)C(=O)C4C3CC3(Cl)C(=O)N(c4c(F)c(F)c(F)c(F)c4F)C(=O)C23Cl)cc(OC)c1O. The first-order chi connectivity index (χ1) is 25.5. The first-order valence-corrected chi connectivity index (χ1v) is 17.4. The molecule has 4 amide bonds. The van der Waals surface area contributed by atoms with Crippen molar-refractivity contribution in [1.29, 1.82) is 0 Å². The Labute approximate surface area is 313 Å². The van der Waals surface area contributed by atoms with Crippen LogP contribution in [0.3, 0.4) is 0 Å². The molecule has 6 unspecified atom stereocenters. The highest BCUT2D eigenvalue weighted by Gasteiger charge is 2.76. The van der Waals surface area contributed by atoms with Crippen LogP contribution in [0.1, 0.15) is 44.1 Å². The number of carbonyl (C=O) groups excluding carboxylic acids is 4. The fraction of sp³-hybridized carbons (Fsp3) is 0.417. The number of amides is 4. The Balaban J connectivity index is 1.47. The summed E-state index contributed by atoms with van der Waals surface area (Å²) in [6.07, 6.45) is 4.45. The molecular weight excluding hydrogens is 770 g/mol. The van der Waals surface area contributed by atoms with E-state index in [1.54, 1.807) is 6.08 Å². The van der Waals surface area contributed by atoms with Crippen molar-refractivity contribution < 1.29 is 65.6 Å². The summed E-state index contributed by atoms with van der Waals surface area (Å²) in [7, 11) is 2.53. The standard InChI is InChI=1S/C36H31Cl2F5N2O9/c1-53-20-12-15(13-21(54-2)30(20)48)7-10-19-16-8-9-17-23(32(50)44(31(17)49)11-5-3-4-6-22(46)47)18(16)14-35(37)33(51)45(34(52)36(19,35)38)29-27(42)25(40)24(39)26(41)28(29)43/h7-8,10,12-13,17-19,23,48H,3-6,9,11,14H2,1-2H3,(H,46,47). The Bertz CT molecular complexity index is 2010. The molecule has 4 aliphatic rings. The lowest BCUT2D eigenvalue weighted by Gasteiger charge is -2.49. The first kappa shape index (κ1) is 39.0. The van der Waals surface area contributed by atoms with Gasteiger partial charge in [-0.15, -0.1) is 23.2 Å². The molecule has 1 saturated carbocycles. The van der Waals surface area contributed by atoms with E-state index in [4.69, 9.17) is 37.8 Å². The highest BCUT2D eigenvalue weighted by Crippen LogP contribution is 2.64. The van der Waals surface area contributed by atoms with E-state index in [1.807, 2.05) is 0 Å². The quantitative estimate of drug-likeness (QED) is 0.0542. The van der Waals surface area contributed by atoms with Crippen molar-refractivity contribution in [3.63, 3.8) is 0 Å². The predicted molar refractivity (Wildman–Crippen MR) is 180 cm³/mol. The average Bonchev–Trinajstić information content (AvgIpc) is 3.47. The lowest BCUT2D eigenvalue weighted by atomic mass is 9.57. The highest BCUT2D eigenvalue weighted by molar-refractivity contribution is 6.58. The van der Waals surface area contributed by atoms with Crippen molar-refractivity contribution in [1.82, 2.24) is 4.90 Å². The lowest BCUT2D eigenvalue weighted by Crippen LogP contribution is -2.60. The molecule has 3 fully saturated rings. The molecule has 2 aromatic carbocycles. The number of rotatable bonds is 11. The van der Waals surface area contributed by atoms with Crippen molar-refractivity contribution in [3.05, 3.63) is 64.5 Å². The van der Waals surface area contributed by atoms with E-state index in [0.717, 1.165) is 4.90 Å². The van der Waals surface area contributed by atoms with Crippen LogP contribution in [0.4, 0.5) is 27.6 Å². The number of aliphatic carboxylic acids is 1. The molecule has 2 N–H and O–H groups in total. The number of hydrogen-bond acceptors (Lipinski definition) is 8. The Morgan fingerprint density at radius 3 is 2.06 bits per heavy atom. The van der Waals surface area contributed by atoms with Gasteiger partial charge in [0.05, 0.1) is 26.1 Å². The summed E-state index contributed by atoms with van der Waals surface area (Å²) in [6.45, 7) is -0.0307. The zero-order valence-electron chi connectivity index (χ0n) is 28.4. The van der Waals surface area contributed by atoms with Gasteiger partial charge in [0, 0.05) is 18.9 Å². The van der Waals surface area contributed by atoms with Crippen LogP contribution < -0.4 is 14.4 Å². The maximum atomic E-state index is 15.2. The third-order valence-electron chi connectivity index (χ3n) is 10.6. The topological polar surface area (TPSA) is 151 Å². The van der Waals surface area contributed by atoms with E-state index < -0.39 is 104 Å². The Kier molecular flexibility index (Phi) is 10.2. The molecule has 0 bridgehead atoms. The van der Waals surface area contributed by atoms with Crippen LogP contribution in [0, 0.1) is 52.8 Å². The smallest absolute Gasteiger partial charge is 0.303 e. The Morgan fingerprint density at radius 2 is 1.48 bits per heavy atom. The molecule has 2 saturated heterocycles. The van der Waals surface area contributed by atoms with Gasteiger partial charge in [-0.3, -0.25) is 28.9 Å². The molecule has 2 heterocycles. The van der Waals surface area contributed by atoms with Crippen LogP contribution in [0.25, 0.3) is 6.08 Å². The second kappa shape index (κ2) is 14.2. The summed E-state index contributed by atoms with van der Waals surface area (Å²) in [5.74, 6) is -22.9. The number of ether oxygens (including phenoxy) is 2. The molecule has 2 aliphatic carbocycles. The minimum absolute atomic E-state index is 0.0307. The van der Waals surface area contributed by atoms with E-state index in [9.17, 15) is 42.3 Å². The largest absolute Gasteiger partial charge is 0.502 e. The molecule has 6 atom stereocenters. The molecule has 288 valence electrons. The van der Waals surface area contributed by atoms with Crippen LogP contribution in [0.2, 0.25) is 0 Å². The number of aromatic hydroxyl groups is 1. The van der Waals surface area contributed by atoms with Gasteiger partial charge in [-0.2, -0.15) is 0 Å². The summed E-state index contributed by atoms with van der Waals surface area (Å²) in [5, 5.41) is 19.3. The number of phenolic OH excluding ortho intramolecular Hbond substituents is 1. The third-order valence-corrected chi connectivity index (χ3v) is 12.1. The maximum absolute atomic E-state index is 15.2. The van der Waals surface area contributed by atoms with Gasteiger partial charge >= 0.3 is 5.97 Å². The average molecular weight is 802 g/mol. The minimum atomic E-state index is -2.70. The Morgan fingerprint density at radius 1 is 0.889 bits per heavy atom. The monoisotopic (exact) mass is 800 g/mol. The number of fused-ring (bicyclic) bond motifs is 4. The van der Waals surface area contributed by atoms with Gasteiger partial charge in [0.2, 0.25) is 23.4 Å². The van der Waals surface area contributed by atoms with Gasteiger partial charge in [0.25, 0.3) is 11.8 Å². The Hall–Kier alpha value is -4.70. The second-order valence-electron chi connectivity index (χ2n) is 13.4. The van der Waals surface area contributed by atoms with Gasteiger partial charge < -0.3 is 19.7 Å². The van der Waals surface area contributed by atoms with Crippen LogP contribution in [-0.2, 0) is 24.0 Å². The molecule has 18 heteroatoms. The fourth-order valence-electron chi connectivity index (χ4n) is 8.04. The van der Waals surface area contributed by atoms with E-state index in [0.29, 0.717) is 19.3 Å². The number of methoxy groups -OCH3 is 2. The number of unbranched alkanes of at least 4 members (excludes halogenated alkanes) is 2. The van der Waals surface area contributed by atoms with Crippen LogP contribution in [0.5, 0.6) is 17.2 Å². The number of imide groups is 2. The number of carboxylic acids is 1. The van der Waals surface area contributed by atoms with Crippen LogP contribution in [0.15, 0.2) is 29.9 Å². The van der Waals surface area contributed by atoms with Gasteiger partial charge in [-0.1, -0.05) is 30.2 Å². The number of allylic oxidation sites excluding steroid dienone is 3. The molecule has 2 aliphatic heterocycles. The van der Waals surface area contributed by atoms with Crippen LogP contribution >= 0.6 is 23.2 Å². The van der Waals surface area contributed by atoms with Gasteiger partial charge in [-0.05, 0) is 49.3 Å². The number of carbonyl (C=O) groups is 5. The van der Waals surface area contributed by atoms with Crippen molar-refractivity contribution >= 4 is 64.6 Å². The zero-order valence-corrected chi connectivity index (χ0v) is 30.0. The number of hydrogen-bond donors (Lipinski definition) is 2. The van der Waals surface area contributed by atoms with Crippen molar-refractivity contribution in [2.45, 2.75) is 48.3 Å². The van der Waals surface area contributed by atoms with E-state index in [1.165, 1.54) is 38.5 Å². The number of phenols is 1. The normalized spacial score (nSPS) is 27.7. The molecular formula is C36H31Cl2F5N2O9. The van der Waals surface area contributed by atoms with E-state index in [-0.39, 0.29) is 52.7 Å². The number of halogens is 7. The highest BCUT2D eigenvalue weighted by atomic mass is 35.5. The molecule has 2 aromatic rings. The van der Waals surface area contributed by atoms with Gasteiger partial charge in [0.1, 0.15) is 5.69 Å². The number of benzene rings is 2. The minimum Gasteiger partial charge on any atom is -0.502 e. The van der Waals surface area contributed by atoms with Gasteiger partial charge in [-0.25, -0.2) is 26.9 Å². The number of nitrogens with zero attached hydrogens (tertiary/aromatic N) is 2. The number of alkyl halides is 2.